The van der Waals surface area contributed by atoms with Gasteiger partial charge in [0.1, 0.15) is 5.82 Å². The molecule has 0 bridgehead atoms. The highest BCUT2D eigenvalue weighted by Crippen LogP contribution is 2.27. The minimum atomic E-state index is -0.0254. The maximum Gasteiger partial charge on any atom is 0.255 e. The lowest BCUT2D eigenvalue weighted by molar-refractivity contribution is 0.0636. The molecule has 1 amide bonds. The van der Waals surface area contributed by atoms with E-state index in [1.54, 1.807) is 17.5 Å². The van der Waals surface area contributed by atoms with E-state index in [1.165, 1.54) is 0 Å². The number of aromatic nitrogens is 4. The van der Waals surface area contributed by atoms with Gasteiger partial charge in [-0.1, -0.05) is 0 Å². The quantitative estimate of drug-likeness (QED) is 0.742. The van der Waals surface area contributed by atoms with Crippen molar-refractivity contribution in [2.45, 2.75) is 26.1 Å². The van der Waals surface area contributed by atoms with Gasteiger partial charge in [-0.3, -0.25) is 9.48 Å². The number of rotatable bonds is 3. The summed E-state index contributed by atoms with van der Waals surface area (Å²) < 4.78 is 4.10. The number of hydrogen-bond acceptors (Lipinski definition) is 4. The third-order valence-electron chi connectivity index (χ3n) is 4.29. The summed E-state index contributed by atoms with van der Waals surface area (Å²) in [7, 11) is 0. The highest BCUT2D eigenvalue weighted by Gasteiger charge is 2.30. The Hall–Kier alpha value is -2.41. The summed E-state index contributed by atoms with van der Waals surface area (Å²) in [6.45, 7) is 4.21. The van der Waals surface area contributed by atoms with Gasteiger partial charge in [-0.15, -0.1) is 0 Å². The molecule has 0 aliphatic carbocycles. The molecule has 118 valence electrons. The van der Waals surface area contributed by atoms with E-state index in [0.29, 0.717) is 13.1 Å². The number of carbonyl (C=O) groups excluding carboxylic acids is 1. The summed E-state index contributed by atoms with van der Waals surface area (Å²) in [5.41, 5.74) is 1.89. The molecular formula is C16H17N5OS. The molecule has 0 spiro atoms. The average molecular weight is 327 g/mol. The van der Waals surface area contributed by atoms with Gasteiger partial charge in [0.25, 0.3) is 5.91 Å². The topological polar surface area (TPSA) is 56.0 Å². The molecule has 3 aromatic rings. The maximum atomic E-state index is 12.6. The van der Waals surface area contributed by atoms with Crippen molar-refractivity contribution in [2.24, 2.45) is 0 Å². The van der Waals surface area contributed by atoms with Crippen molar-refractivity contribution in [3.8, 4) is 0 Å². The van der Waals surface area contributed by atoms with Crippen LogP contribution in [-0.4, -0.2) is 36.7 Å². The Morgan fingerprint density at radius 1 is 1.43 bits per heavy atom. The molecule has 1 atom stereocenters. The van der Waals surface area contributed by atoms with Crippen LogP contribution < -0.4 is 0 Å². The summed E-state index contributed by atoms with van der Waals surface area (Å²) in [6.07, 6.45) is 5.61. The van der Waals surface area contributed by atoms with Gasteiger partial charge >= 0.3 is 0 Å². The highest BCUT2D eigenvalue weighted by molar-refractivity contribution is 7.08. The van der Waals surface area contributed by atoms with Gasteiger partial charge in [0.05, 0.1) is 30.0 Å². The summed E-state index contributed by atoms with van der Waals surface area (Å²) >= 11 is 1.55. The van der Waals surface area contributed by atoms with Gasteiger partial charge in [0.2, 0.25) is 0 Å². The van der Waals surface area contributed by atoms with E-state index >= 15 is 0 Å². The number of thiophene rings is 1. The van der Waals surface area contributed by atoms with Crippen LogP contribution >= 0.6 is 11.3 Å². The normalized spacial score (nSPS) is 17.3. The molecule has 1 aliphatic heterocycles. The van der Waals surface area contributed by atoms with Crippen molar-refractivity contribution in [2.75, 3.05) is 6.54 Å². The van der Waals surface area contributed by atoms with Crippen LogP contribution in [-0.2, 0) is 13.1 Å². The first kappa shape index (κ1) is 14.2. The molecule has 0 saturated carbocycles. The summed E-state index contributed by atoms with van der Waals surface area (Å²) in [4.78, 5) is 19.1. The molecular weight excluding hydrogens is 310 g/mol. The van der Waals surface area contributed by atoms with Gasteiger partial charge in [0.15, 0.2) is 0 Å². The predicted molar refractivity (Wildman–Crippen MR) is 87.3 cm³/mol. The lowest BCUT2D eigenvalue weighted by atomic mass is 10.1. The van der Waals surface area contributed by atoms with Crippen molar-refractivity contribution in [1.82, 2.24) is 24.2 Å². The maximum absolute atomic E-state index is 12.6. The number of amides is 1. The minimum absolute atomic E-state index is 0.0254. The molecule has 0 unspecified atom stereocenters. The van der Waals surface area contributed by atoms with Crippen LogP contribution in [0.25, 0.3) is 0 Å². The van der Waals surface area contributed by atoms with E-state index in [9.17, 15) is 4.79 Å². The lowest BCUT2D eigenvalue weighted by Gasteiger charge is -2.34. The van der Waals surface area contributed by atoms with Crippen LogP contribution in [0.1, 0.15) is 34.8 Å². The molecule has 23 heavy (non-hydrogen) atoms. The molecule has 7 heteroatoms. The number of fused-ring (bicyclic) bond motifs is 1. The SMILES string of the molecule is C[C@H]1c2ncc(Cn3cccn3)n2CCN1C(=O)c1ccsc1. The molecule has 1 aliphatic rings. The Bertz CT molecular complexity index is 806. The van der Waals surface area contributed by atoms with E-state index in [0.717, 1.165) is 23.6 Å². The Balaban J connectivity index is 1.59. The van der Waals surface area contributed by atoms with Crippen LogP contribution in [0.3, 0.4) is 0 Å². The molecule has 0 aromatic carbocycles. The molecule has 3 aromatic heterocycles. The molecule has 0 N–H and O–H groups in total. The third kappa shape index (κ3) is 2.46. The number of imidazole rings is 1. The molecule has 4 heterocycles. The largest absolute Gasteiger partial charge is 0.327 e. The first-order valence-corrected chi connectivity index (χ1v) is 8.53. The monoisotopic (exact) mass is 327 g/mol. The van der Waals surface area contributed by atoms with Gasteiger partial charge in [-0.25, -0.2) is 4.98 Å². The van der Waals surface area contributed by atoms with Gasteiger partial charge in [0, 0.05) is 30.9 Å². The molecule has 0 saturated heterocycles. The van der Waals surface area contributed by atoms with Crippen LogP contribution in [0.5, 0.6) is 0 Å². The average Bonchev–Trinajstić information content (AvgIpc) is 3.30. The van der Waals surface area contributed by atoms with Crippen molar-refractivity contribution < 1.29 is 4.79 Å². The van der Waals surface area contributed by atoms with Crippen LogP contribution in [0.2, 0.25) is 0 Å². The van der Waals surface area contributed by atoms with Gasteiger partial charge in [-0.05, 0) is 24.4 Å². The van der Waals surface area contributed by atoms with Crippen LogP contribution in [0, 0.1) is 0 Å². The zero-order valence-corrected chi connectivity index (χ0v) is 13.6. The van der Waals surface area contributed by atoms with Crippen LogP contribution in [0.4, 0.5) is 0 Å². The predicted octanol–water partition coefficient (Wildman–Crippen LogP) is 2.41. The fourth-order valence-corrected chi connectivity index (χ4v) is 3.70. The Kier molecular flexibility index (Phi) is 3.49. The first-order valence-electron chi connectivity index (χ1n) is 7.59. The van der Waals surface area contributed by atoms with E-state index in [1.807, 2.05) is 51.8 Å². The summed E-state index contributed by atoms with van der Waals surface area (Å²) in [5, 5.41) is 8.09. The fraction of sp³-hybridized carbons (Fsp3) is 0.312. The molecule has 6 nitrogen and oxygen atoms in total. The fourth-order valence-electron chi connectivity index (χ4n) is 3.08. The summed E-state index contributed by atoms with van der Waals surface area (Å²) in [5.74, 6) is 1.03. The molecule has 4 rings (SSSR count). The lowest BCUT2D eigenvalue weighted by Crippen LogP contribution is -2.41. The number of nitrogens with zero attached hydrogens (tertiary/aromatic N) is 5. The second kappa shape index (κ2) is 5.66. The van der Waals surface area contributed by atoms with E-state index < -0.39 is 0 Å². The second-order valence-electron chi connectivity index (χ2n) is 5.65. The first-order chi connectivity index (χ1) is 11.2. The van der Waals surface area contributed by atoms with Crippen molar-refractivity contribution in [1.29, 1.82) is 0 Å². The summed E-state index contributed by atoms with van der Waals surface area (Å²) in [6, 6.07) is 3.77. The molecule has 0 radical (unpaired) electrons. The minimum Gasteiger partial charge on any atom is -0.327 e. The highest BCUT2D eigenvalue weighted by atomic mass is 32.1. The third-order valence-corrected chi connectivity index (χ3v) is 4.97. The van der Waals surface area contributed by atoms with Gasteiger partial charge < -0.3 is 9.47 Å². The van der Waals surface area contributed by atoms with Crippen molar-refractivity contribution in [3.63, 3.8) is 0 Å². The Labute approximate surface area is 138 Å². The smallest absolute Gasteiger partial charge is 0.255 e. The van der Waals surface area contributed by atoms with Crippen molar-refractivity contribution in [3.05, 3.63) is 58.6 Å². The number of hydrogen-bond donors (Lipinski definition) is 0. The standard InChI is InChI=1S/C16H17N5OS/c1-12-15-17-9-14(10-19-5-2-4-18-19)21(15)7-6-20(12)16(22)13-3-8-23-11-13/h2-5,8-9,11-12H,6-7,10H2,1H3/t12-/m0/s1. The molecule has 0 fully saturated rings. The van der Waals surface area contributed by atoms with E-state index in [2.05, 4.69) is 14.6 Å². The van der Waals surface area contributed by atoms with Crippen molar-refractivity contribution >= 4 is 17.2 Å². The zero-order chi connectivity index (χ0) is 15.8. The van der Waals surface area contributed by atoms with E-state index in [4.69, 9.17) is 0 Å². The number of carbonyl (C=O) groups is 1. The van der Waals surface area contributed by atoms with Crippen LogP contribution in [0.15, 0.2) is 41.5 Å². The zero-order valence-electron chi connectivity index (χ0n) is 12.8. The Morgan fingerprint density at radius 2 is 2.35 bits per heavy atom. The second-order valence-corrected chi connectivity index (χ2v) is 6.43. The van der Waals surface area contributed by atoms with E-state index in [-0.39, 0.29) is 11.9 Å². The van der Waals surface area contributed by atoms with Gasteiger partial charge in [-0.2, -0.15) is 16.4 Å². The Morgan fingerprint density at radius 3 is 3.09 bits per heavy atom.